The van der Waals surface area contributed by atoms with Crippen molar-refractivity contribution in [3.05, 3.63) is 18.0 Å². The minimum absolute atomic E-state index is 0.979. The number of aryl methyl sites for hydroxylation is 1. The highest BCUT2D eigenvalue weighted by atomic mass is 16.5. The molecule has 0 N–H and O–H groups in total. The van der Waals surface area contributed by atoms with Crippen LogP contribution in [0.1, 0.15) is 39.4 Å². The normalized spacial score (nSPS) is 8.64. The van der Waals surface area contributed by atoms with Gasteiger partial charge in [0.25, 0.3) is 0 Å². The van der Waals surface area contributed by atoms with Crippen LogP contribution in [-0.4, -0.2) is 5.16 Å². The Bertz CT molecular complexity index is 147. The molecule has 0 aliphatic carbocycles. The number of hydrogen-bond acceptors (Lipinski definition) is 2. The van der Waals surface area contributed by atoms with Gasteiger partial charge in [0.05, 0.1) is 6.20 Å². The molecular weight excluding hydrogens is 138 g/mol. The second kappa shape index (κ2) is 7.32. The van der Waals surface area contributed by atoms with Crippen molar-refractivity contribution in [3.63, 3.8) is 0 Å². The fraction of sp³-hybridized carbons (Fsp3) is 0.667. The Morgan fingerprint density at radius 2 is 2.00 bits per heavy atom. The zero-order chi connectivity index (χ0) is 8.53. The van der Waals surface area contributed by atoms with Crippen LogP contribution in [0.4, 0.5) is 0 Å². The van der Waals surface area contributed by atoms with Crippen LogP contribution in [0.5, 0.6) is 0 Å². The van der Waals surface area contributed by atoms with Gasteiger partial charge >= 0.3 is 0 Å². The number of rotatable bonds is 2. The third-order valence-corrected chi connectivity index (χ3v) is 0.988. The van der Waals surface area contributed by atoms with Crippen molar-refractivity contribution in [1.82, 2.24) is 5.16 Å². The van der Waals surface area contributed by atoms with Crippen LogP contribution in [-0.2, 0) is 6.42 Å². The summed E-state index contributed by atoms with van der Waals surface area (Å²) < 4.78 is 4.82. The lowest BCUT2D eigenvalue weighted by Gasteiger charge is -1.83. The van der Waals surface area contributed by atoms with Crippen molar-refractivity contribution in [3.8, 4) is 0 Å². The quantitative estimate of drug-likeness (QED) is 0.656. The van der Waals surface area contributed by atoms with Crippen LogP contribution in [0.3, 0.4) is 0 Å². The first-order chi connectivity index (χ1) is 5.35. The average molecular weight is 155 g/mol. The summed E-state index contributed by atoms with van der Waals surface area (Å²) in [6.07, 6.45) is 5.04. The SMILES string of the molecule is CCC.CCCc1ccno1. The average Bonchev–Trinajstić information content (AvgIpc) is 2.42. The van der Waals surface area contributed by atoms with E-state index in [-0.39, 0.29) is 0 Å². The highest BCUT2D eigenvalue weighted by Crippen LogP contribution is 1.98. The summed E-state index contributed by atoms with van der Waals surface area (Å²) in [6.45, 7) is 6.36. The van der Waals surface area contributed by atoms with E-state index in [9.17, 15) is 0 Å². The van der Waals surface area contributed by atoms with Gasteiger partial charge in [0.2, 0.25) is 0 Å². The number of hydrogen-bond donors (Lipinski definition) is 0. The molecule has 0 amide bonds. The smallest absolute Gasteiger partial charge is 0.136 e. The van der Waals surface area contributed by atoms with Gasteiger partial charge in [-0.15, -0.1) is 0 Å². The summed E-state index contributed by atoms with van der Waals surface area (Å²) >= 11 is 0. The minimum Gasteiger partial charge on any atom is -0.361 e. The fourth-order valence-electron chi connectivity index (χ4n) is 0.617. The monoisotopic (exact) mass is 155 g/mol. The summed E-state index contributed by atoms with van der Waals surface area (Å²) in [5, 5.41) is 3.57. The standard InChI is InChI=1S/C6H9NO.C3H8/c1-2-3-6-4-5-7-8-6;1-3-2/h4-5H,2-3H2,1H3;3H2,1-2H3. The summed E-state index contributed by atoms with van der Waals surface area (Å²) in [6, 6.07) is 1.89. The van der Waals surface area contributed by atoms with Crippen molar-refractivity contribution in [2.75, 3.05) is 0 Å². The maximum Gasteiger partial charge on any atom is 0.136 e. The molecule has 0 unspecified atom stereocenters. The van der Waals surface area contributed by atoms with Crippen LogP contribution in [0.25, 0.3) is 0 Å². The molecule has 0 bridgehead atoms. The van der Waals surface area contributed by atoms with Crippen LogP contribution in [0, 0.1) is 0 Å². The summed E-state index contributed by atoms with van der Waals surface area (Å²) in [4.78, 5) is 0. The van der Waals surface area contributed by atoms with E-state index in [4.69, 9.17) is 4.52 Å². The maximum absolute atomic E-state index is 4.82. The Balaban J connectivity index is 0.000000292. The van der Waals surface area contributed by atoms with Crippen LogP contribution in [0.15, 0.2) is 16.8 Å². The minimum atomic E-state index is 0.979. The van der Waals surface area contributed by atoms with E-state index in [0.717, 1.165) is 18.6 Å². The van der Waals surface area contributed by atoms with Gasteiger partial charge in [0.1, 0.15) is 5.76 Å². The fourth-order valence-corrected chi connectivity index (χ4v) is 0.617. The predicted octanol–water partition coefficient (Wildman–Crippen LogP) is 3.04. The Kier molecular flexibility index (Phi) is 6.79. The lowest BCUT2D eigenvalue weighted by Crippen LogP contribution is -1.74. The third-order valence-electron chi connectivity index (χ3n) is 0.988. The van der Waals surface area contributed by atoms with E-state index in [1.165, 1.54) is 6.42 Å². The molecule has 1 aromatic heterocycles. The Hall–Kier alpha value is -0.790. The molecule has 1 heterocycles. The molecule has 0 saturated carbocycles. The van der Waals surface area contributed by atoms with Crippen LogP contribution < -0.4 is 0 Å². The molecule has 0 aromatic carbocycles. The van der Waals surface area contributed by atoms with Crippen molar-refractivity contribution in [2.24, 2.45) is 0 Å². The van der Waals surface area contributed by atoms with Gasteiger partial charge in [0, 0.05) is 12.5 Å². The number of nitrogens with zero attached hydrogens (tertiary/aromatic N) is 1. The first kappa shape index (κ1) is 10.2. The first-order valence-electron chi connectivity index (χ1n) is 4.24. The molecule has 2 heteroatoms. The van der Waals surface area contributed by atoms with E-state index >= 15 is 0 Å². The predicted molar refractivity (Wildman–Crippen MR) is 46.5 cm³/mol. The maximum atomic E-state index is 4.82. The zero-order valence-corrected chi connectivity index (χ0v) is 7.63. The van der Waals surface area contributed by atoms with E-state index < -0.39 is 0 Å². The molecule has 1 rings (SSSR count). The topological polar surface area (TPSA) is 26.0 Å². The number of aromatic nitrogens is 1. The second-order valence-electron chi connectivity index (χ2n) is 2.44. The van der Waals surface area contributed by atoms with E-state index in [1.54, 1.807) is 6.20 Å². The van der Waals surface area contributed by atoms with Crippen LogP contribution in [0.2, 0.25) is 0 Å². The molecule has 0 saturated heterocycles. The summed E-state index contributed by atoms with van der Waals surface area (Å²) in [5.41, 5.74) is 0. The molecule has 0 aliphatic heterocycles. The largest absolute Gasteiger partial charge is 0.361 e. The highest BCUT2D eigenvalue weighted by Gasteiger charge is 1.90. The molecule has 2 nitrogen and oxygen atoms in total. The molecule has 0 aliphatic rings. The molecule has 0 radical (unpaired) electrons. The van der Waals surface area contributed by atoms with Gasteiger partial charge < -0.3 is 4.52 Å². The Labute approximate surface area is 68.6 Å². The summed E-state index contributed by atoms with van der Waals surface area (Å²) in [7, 11) is 0. The lowest BCUT2D eigenvalue weighted by atomic mass is 10.3. The molecular formula is C9H17NO. The van der Waals surface area contributed by atoms with Crippen molar-refractivity contribution in [1.29, 1.82) is 0 Å². The lowest BCUT2D eigenvalue weighted by molar-refractivity contribution is 0.382. The van der Waals surface area contributed by atoms with Gasteiger partial charge in [-0.3, -0.25) is 0 Å². The van der Waals surface area contributed by atoms with Crippen molar-refractivity contribution in [2.45, 2.75) is 40.0 Å². The zero-order valence-electron chi connectivity index (χ0n) is 7.63. The highest BCUT2D eigenvalue weighted by molar-refractivity contribution is 4.91. The molecule has 64 valence electrons. The molecule has 11 heavy (non-hydrogen) atoms. The van der Waals surface area contributed by atoms with Crippen LogP contribution >= 0.6 is 0 Å². The second-order valence-corrected chi connectivity index (χ2v) is 2.44. The van der Waals surface area contributed by atoms with E-state index in [2.05, 4.69) is 25.9 Å². The molecule has 0 atom stereocenters. The van der Waals surface area contributed by atoms with Gasteiger partial charge in [-0.2, -0.15) is 0 Å². The molecule has 1 aromatic rings. The molecule has 0 fully saturated rings. The van der Waals surface area contributed by atoms with E-state index in [0.29, 0.717) is 0 Å². The van der Waals surface area contributed by atoms with Gasteiger partial charge in [-0.1, -0.05) is 32.3 Å². The van der Waals surface area contributed by atoms with E-state index in [1.807, 2.05) is 6.07 Å². The Morgan fingerprint density at radius 1 is 1.36 bits per heavy atom. The Morgan fingerprint density at radius 3 is 2.36 bits per heavy atom. The van der Waals surface area contributed by atoms with Crippen molar-refractivity contribution >= 4 is 0 Å². The first-order valence-corrected chi connectivity index (χ1v) is 4.24. The molecule has 0 spiro atoms. The third kappa shape index (κ3) is 5.64. The van der Waals surface area contributed by atoms with Crippen molar-refractivity contribution < 1.29 is 4.52 Å². The van der Waals surface area contributed by atoms with Gasteiger partial charge in [0.15, 0.2) is 0 Å². The summed E-state index contributed by atoms with van der Waals surface area (Å²) in [5.74, 6) is 0.979. The van der Waals surface area contributed by atoms with Gasteiger partial charge in [-0.25, -0.2) is 0 Å². The van der Waals surface area contributed by atoms with Gasteiger partial charge in [-0.05, 0) is 6.42 Å².